The van der Waals surface area contributed by atoms with E-state index in [2.05, 4.69) is 12.6 Å². The first kappa shape index (κ1) is 8.57. The first-order valence-corrected chi connectivity index (χ1v) is 4.99. The summed E-state index contributed by atoms with van der Waals surface area (Å²) in [6.07, 6.45) is 2.82. The maximum Gasteiger partial charge on any atom is 0.217 e. The highest BCUT2D eigenvalue weighted by Crippen LogP contribution is 2.36. The van der Waals surface area contributed by atoms with Gasteiger partial charge in [-0.05, 0) is 18.1 Å². The van der Waals surface area contributed by atoms with Crippen LogP contribution in [0.5, 0.6) is 0 Å². The largest absolute Gasteiger partial charge is 0.289 e. The smallest absolute Gasteiger partial charge is 0.217 e. The van der Waals surface area contributed by atoms with Crippen molar-refractivity contribution in [3.8, 4) is 0 Å². The standard InChI is InChI=1S/C11H9OS/c1-8-6-9-4-2-3-5-10(9)13-11(8)7-12/h2-5,11H,1,6H2. The van der Waals surface area contributed by atoms with Crippen molar-refractivity contribution >= 4 is 18.0 Å². The third kappa shape index (κ3) is 1.54. The Balaban J connectivity index is 2.38. The van der Waals surface area contributed by atoms with E-state index in [-0.39, 0.29) is 5.25 Å². The van der Waals surface area contributed by atoms with Crippen molar-refractivity contribution < 1.29 is 4.79 Å². The Bertz CT molecular complexity index is 357. The lowest BCUT2D eigenvalue weighted by Gasteiger charge is -2.21. The molecule has 65 valence electrons. The van der Waals surface area contributed by atoms with Gasteiger partial charge in [-0.2, -0.15) is 0 Å². The average Bonchev–Trinajstić information content (AvgIpc) is 2.17. The van der Waals surface area contributed by atoms with Crippen molar-refractivity contribution in [1.82, 2.24) is 0 Å². The van der Waals surface area contributed by atoms with E-state index in [1.165, 1.54) is 10.5 Å². The number of benzene rings is 1. The van der Waals surface area contributed by atoms with Gasteiger partial charge in [-0.15, -0.1) is 11.8 Å². The summed E-state index contributed by atoms with van der Waals surface area (Å²) in [5.41, 5.74) is 2.22. The van der Waals surface area contributed by atoms with E-state index in [4.69, 9.17) is 0 Å². The van der Waals surface area contributed by atoms with Crippen molar-refractivity contribution in [3.63, 3.8) is 0 Å². The lowest BCUT2D eigenvalue weighted by Crippen LogP contribution is -2.14. The molecule has 0 saturated carbocycles. The summed E-state index contributed by atoms with van der Waals surface area (Å²) in [5.74, 6) is 0. The Morgan fingerprint density at radius 2 is 2.23 bits per heavy atom. The molecule has 0 N–H and O–H groups in total. The summed E-state index contributed by atoms with van der Waals surface area (Å²) in [4.78, 5) is 11.8. The highest BCUT2D eigenvalue weighted by Gasteiger charge is 2.21. The predicted molar refractivity (Wildman–Crippen MR) is 54.6 cm³/mol. The van der Waals surface area contributed by atoms with Gasteiger partial charge in [0.2, 0.25) is 6.29 Å². The van der Waals surface area contributed by atoms with Gasteiger partial charge in [0.25, 0.3) is 0 Å². The fraction of sp³-hybridized carbons (Fsp3) is 0.182. The summed E-state index contributed by atoms with van der Waals surface area (Å²) in [5, 5.41) is -0.171. The molecule has 1 heterocycles. The molecular formula is C11H9OS. The molecule has 1 aliphatic rings. The lowest BCUT2D eigenvalue weighted by molar-refractivity contribution is 0.555. The Hall–Kier alpha value is -1.02. The molecule has 0 amide bonds. The highest BCUT2D eigenvalue weighted by atomic mass is 32.2. The Morgan fingerprint density at radius 1 is 1.46 bits per heavy atom. The second kappa shape index (κ2) is 3.38. The molecule has 0 aliphatic carbocycles. The first-order valence-electron chi connectivity index (χ1n) is 4.11. The molecule has 13 heavy (non-hydrogen) atoms. The molecule has 0 fully saturated rings. The molecule has 0 bridgehead atoms. The molecular weight excluding hydrogens is 180 g/mol. The molecule has 0 aromatic heterocycles. The number of fused-ring (bicyclic) bond motifs is 1. The van der Waals surface area contributed by atoms with Crippen LogP contribution in [0.2, 0.25) is 0 Å². The van der Waals surface area contributed by atoms with Gasteiger partial charge in [-0.25, -0.2) is 0 Å². The Labute approximate surface area is 81.8 Å². The van der Waals surface area contributed by atoms with E-state index < -0.39 is 0 Å². The van der Waals surface area contributed by atoms with Gasteiger partial charge in [-0.3, -0.25) is 4.79 Å². The predicted octanol–water partition coefficient (Wildman–Crippen LogP) is 2.37. The zero-order valence-corrected chi connectivity index (χ0v) is 7.93. The molecule has 1 unspecified atom stereocenters. The number of hydrogen-bond donors (Lipinski definition) is 0. The first-order chi connectivity index (χ1) is 6.31. The minimum Gasteiger partial charge on any atom is -0.289 e. The third-order valence-corrected chi connectivity index (χ3v) is 3.43. The van der Waals surface area contributed by atoms with Gasteiger partial charge in [0.1, 0.15) is 0 Å². The van der Waals surface area contributed by atoms with Crippen LogP contribution in [0.4, 0.5) is 0 Å². The average molecular weight is 189 g/mol. The van der Waals surface area contributed by atoms with Crippen LogP contribution in [0.15, 0.2) is 41.3 Å². The number of rotatable bonds is 1. The van der Waals surface area contributed by atoms with Gasteiger partial charge >= 0.3 is 0 Å². The van der Waals surface area contributed by atoms with E-state index in [1.54, 1.807) is 11.8 Å². The van der Waals surface area contributed by atoms with E-state index in [9.17, 15) is 4.79 Å². The maximum atomic E-state index is 10.6. The molecule has 1 atom stereocenters. The van der Waals surface area contributed by atoms with Crippen LogP contribution in [0.3, 0.4) is 0 Å². The fourth-order valence-corrected chi connectivity index (χ4v) is 2.42. The van der Waals surface area contributed by atoms with Crippen LogP contribution in [0, 0.1) is 0 Å². The summed E-state index contributed by atoms with van der Waals surface area (Å²) in [6.45, 7) is 3.88. The van der Waals surface area contributed by atoms with Crippen LogP contribution >= 0.6 is 11.8 Å². The van der Waals surface area contributed by atoms with Crippen molar-refractivity contribution in [2.45, 2.75) is 16.6 Å². The lowest BCUT2D eigenvalue weighted by atomic mass is 10.0. The molecule has 1 aromatic carbocycles. The normalized spacial score (nSPS) is 20.9. The molecule has 1 radical (unpaired) electrons. The second-order valence-corrected chi connectivity index (χ2v) is 4.21. The zero-order valence-electron chi connectivity index (χ0n) is 7.12. The van der Waals surface area contributed by atoms with Crippen LogP contribution in [0.1, 0.15) is 5.56 Å². The summed E-state index contributed by atoms with van der Waals surface area (Å²) in [6, 6.07) is 8.12. The Morgan fingerprint density at radius 3 is 3.00 bits per heavy atom. The van der Waals surface area contributed by atoms with Gasteiger partial charge in [-0.1, -0.05) is 30.4 Å². The van der Waals surface area contributed by atoms with Gasteiger partial charge in [0.15, 0.2) is 0 Å². The molecule has 0 saturated heterocycles. The van der Waals surface area contributed by atoms with Gasteiger partial charge in [0, 0.05) is 4.90 Å². The molecule has 1 aliphatic heterocycles. The van der Waals surface area contributed by atoms with Crippen molar-refractivity contribution in [1.29, 1.82) is 0 Å². The fourth-order valence-electron chi connectivity index (χ4n) is 1.42. The molecule has 0 spiro atoms. The highest BCUT2D eigenvalue weighted by molar-refractivity contribution is 8.00. The molecule has 2 heteroatoms. The minimum absolute atomic E-state index is 0.171. The van der Waals surface area contributed by atoms with Gasteiger partial charge in [0.05, 0.1) is 5.25 Å². The molecule has 2 rings (SSSR count). The van der Waals surface area contributed by atoms with E-state index in [0.717, 1.165) is 12.0 Å². The summed E-state index contributed by atoms with van der Waals surface area (Å²) < 4.78 is 0. The monoisotopic (exact) mass is 189 g/mol. The quantitative estimate of drug-likeness (QED) is 0.631. The molecule has 1 nitrogen and oxygen atoms in total. The second-order valence-electron chi connectivity index (χ2n) is 3.06. The number of thioether (sulfide) groups is 1. The maximum absolute atomic E-state index is 10.6. The summed E-state index contributed by atoms with van der Waals surface area (Å²) >= 11 is 1.54. The van der Waals surface area contributed by atoms with E-state index in [0.29, 0.717) is 0 Å². The topological polar surface area (TPSA) is 17.1 Å². The van der Waals surface area contributed by atoms with Crippen molar-refractivity contribution in [2.75, 3.05) is 0 Å². The van der Waals surface area contributed by atoms with Crippen LogP contribution in [-0.4, -0.2) is 11.5 Å². The van der Waals surface area contributed by atoms with Gasteiger partial charge < -0.3 is 0 Å². The zero-order chi connectivity index (χ0) is 9.26. The minimum atomic E-state index is -0.171. The molecule has 1 aromatic rings. The summed E-state index contributed by atoms with van der Waals surface area (Å²) in [7, 11) is 0. The van der Waals surface area contributed by atoms with Crippen LogP contribution < -0.4 is 0 Å². The third-order valence-electron chi connectivity index (χ3n) is 2.11. The van der Waals surface area contributed by atoms with Crippen molar-refractivity contribution in [2.24, 2.45) is 0 Å². The van der Waals surface area contributed by atoms with Crippen molar-refractivity contribution in [3.05, 3.63) is 42.0 Å². The van der Waals surface area contributed by atoms with E-state index >= 15 is 0 Å². The SMILES string of the molecule is C=C1Cc2ccccc2SC1[C]=O. The number of carbonyl (C=O) groups excluding carboxylic acids is 1. The van der Waals surface area contributed by atoms with Crippen LogP contribution in [-0.2, 0) is 11.2 Å². The number of hydrogen-bond acceptors (Lipinski definition) is 2. The Kier molecular flexibility index (Phi) is 2.23. The van der Waals surface area contributed by atoms with E-state index in [1.807, 2.05) is 24.5 Å². The van der Waals surface area contributed by atoms with Crippen LogP contribution in [0.25, 0.3) is 0 Å².